The van der Waals surface area contributed by atoms with E-state index in [9.17, 15) is 13.2 Å². The molecule has 3 atom stereocenters. The fourth-order valence-electron chi connectivity index (χ4n) is 2.41. The molecule has 0 amide bonds. The Balaban J connectivity index is 2.70. The van der Waals surface area contributed by atoms with Crippen LogP contribution in [0.5, 0.6) is 0 Å². The van der Waals surface area contributed by atoms with Crippen LogP contribution in [-0.4, -0.2) is 19.4 Å². The van der Waals surface area contributed by atoms with Crippen LogP contribution in [-0.2, 0) is 4.74 Å². The lowest BCUT2D eigenvalue weighted by atomic mass is 9.74. The van der Waals surface area contributed by atoms with Crippen molar-refractivity contribution >= 4 is 0 Å². The van der Waals surface area contributed by atoms with E-state index in [2.05, 4.69) is 0 Å². The minimum Gasteiger partial charge on any atom is -0.381 e. The minimum absolute atomic E-state index is 0.183. The predicted octanol–water partition coefficient (Wildman–Crippen LogP) is 3.64. The van der Waals surface area contributed by atoms with Crippen LogP contribution in [0.15, 0.2) is 0 Å². The highest BCUT2D eigenvalue weighted by molar-refractivity contribution is 4.86. The number of ether oxygens (including phenoxy) is 1. The first-order chi connectivity index (χ1) is 6.86. The molecular formula is C11H19F3O. The van der Waals surface area contributed by atoms with E-state index >= 15 is 0 Å². The predicted molar refractivity (Wildman–Crippen MR) is 52.5 cm³/mol. The molecule has 0 spiro atoms. The number of alkyl halides is 3. The SMILES string of the molecule is COC1CCC(C(C)C)CC1C(F)(F)F. The lowest BCUT2D eigenvalue weighted by molar-refractivity contribution is -0.218. The second-order valence-corrected chi connectivity index (χ2v) is 4.74. The maximum atomic E-state index is 12.7. The Bertz CT molecular complexity index is 200. The van der Waals surface area contributed by atoms with Crippen molar-refractivity contribution in [2.45, 2.75) is 45.4 Å². The zero-order valence-corrected chi connectivity index (χ0v) is 9.47. The van der Waals surface area contributed by atoms with Gasteiger partial charge >= 0.3 is 6.18 Å². The van der Waals surface area contributed by atoms with Crippen LogP contribution in [0.2, 0.25) is 0 Å². The average Bonchev–Trinajstić information content (AvgIpc) is 2.15. The van der Waals surface area contributed by atoms with Crippen molar-refractivity contribution in [1.29, 1.82) is 0 Å². The van der Waals surface area contributed by atoms with E-state index in [1.165, 1.54) is 7.11 Å². The first kappa shape index (κ1) is 12.8. The first-order valence-corrected chi connectivity index (χ1v) is 5.45. The van der Waals surface area contributed by atoms with Crippen molar-refractivity contribution in [2.75, 3.05) is 7.11 Å². The molecule has 0 radical (unpaired) electrons. The quantitative estimate of drug-likeness (QED) is 0.695. The van der Waals surface area contributed by atoms with E-state index in [-0.39, 0.29) is 12.3 Å². The molecule has 0 aliphatic heterocycles. The lowest BCUT2D eigenvalue weighted by Crippen LogP contribution is -2.41. The summed E-state index contributed by atoms with van der Waals surface area (Å²) < 4.78 is 43.1. The summed E-state index contributed by atoms with van der Waals surface area (Å²) in [6.07, 6.45) is -3.15. The van der Waals surface area contributed by atoms with Crippen LogP contribution >= 0.6 is 0 Å². The molecule has 1 nitrogen and oxygen atoms in total. The largest absolute Gasteiger partial charge is 0.394 e. The third-order valence-electron chi connectivity index (χ3n) is 3.49. The third-order valence-corrected chi connectivity index (χ3v) is 3.49. The molecular weight excluding hydrogens is 205 g/mol. The molecule has 1 fully saturated rings. The van der Waals surface area contributed by atoms with E-state index in [4.69, 9.17) is 4.74 Å². The highest BCUT2D eigenvalue weighted by Gasteiger charge is 2.48. The zero-order valence-electron chi connectivity index (χ0n) is 9.47. The second kappa shape index (κ2) is 4.73. The van der Waals surface area contributed by atoms with Crippen LogP contribution in [0.4, 0.5) is 13.2 Å². The van der Waals surface area contributed by atoms with Crippen molar-refractivity contribution in [2.24, 2.45) is 17.8 Å². The van der Waals surface area contributed by atoms with Gasteiger partial charge in [-0.1, -0.05) is 13.8 Å². The average molecular weight is 224 g/mol. The van der Waals surface area contributed by atoms with Gasteiger partial charge in [-0.2, -0.15) is 13.2 Å². The van der Waals surface area contributed by atoms with Crippen molar-refractivity contribution in [3.05, 3.63) is 0 Å². The maximum absolute atomic E-state index is 12.7. The fraction of sp³-hybridized carbons (Fsp3) is 1.00. The van der Waals surface area contributed by atoms with Crippen LogP contribution in [0.3, 0.4) is 0 Å². The number of rotatable bonds is 2. The Morgan fingerprint density at radius 2 is 1.80 bits per heavy atom. The van der Waals surface area contributed by atoms with Gasteiger partial charge in [-0.15, -0.1) is 0 Å². The molecule has 1 aliphatic rings. The summed E-state index contributed by atoms with van der Waals surface area (Å²) in [6.45, 7) is 3.98. The van der Waals surface area contributed by atoms with Gasteiger partial charge < -0.3 is 4.74 Å². The van der Waals surface area contributed by atoms with Crippen LogP contribution in [0.25, 0.3) is 0 Å². The monoisotopic (exact) mass is 224 g/mol. The molecule has 0 saturated heterocycles. The number of methoxy groups -OCH3 is 1. The summed E-state index contributed by atoms with van der Waals surface area (Å²) in [5, 5.41) is 0. The maximum Gasteiger partial charge on any atom is 0.394 e. The number of hydrogen-bond donors (Lipinski definition) is 0. The Hall–Kier alpha value is -0.250. The highest BCUT2D eigenvalue weighted by atomic mass is 19.4. The third kappa shape index (κ3) is 3.10. The molecule has 0 aromatic carbocycles. The van der Waals surface area contributed by atoms with Gasteiger partial charge in [0.15, 0.2) is 0 Å². The van der Waals surface area contributed by atoms with Gasteiger partial charge in [-0.25, -0.2) is 0 Å². The van der Waals surface area contributed by atoms with Gasteiger partial charge in [0.25, 0.3) is 0 Å². The summed E-state index contributed by atoms with van der Waals surface area (Å²) in [6, 6.07) is 0. The van der Waals surface area contributed by atoms with Gasteiger partial charge in [0.1, 0.15) is 0 Å². The van der Waals surface area contributed by atoms with E-state index in [0.717, 1.165) is 6.42 Å². The molecule has 0 aromatic rings. The molecule has 0 heterocycles. The van der Waals surface area contributed by atoms with Gasteiger partial charge in [0, 0.05) is 7.11 Å². The summed E-state index contributed by atoms with van der Waals surface area (Å²) in [7, 11) is 1.37. The molecule has 1 saturated carbocycles. The summed E-state index contributed by atoms with van der Waals surface area (Å²) in [4.78, 5) is 0. The van der Waals surface area contributed by atoms with E-state index in [0.29, 0.717) is 12.3 Å². The number of hydrogen-bond acceptors (Lipinski definition) is 1. The smallest absolute Gasteiger partial charge is 0.381 e. The number of halogens is 3. The Morgan fingerprint density at radius 1 is 1.20 bits per heavy atom. The molecule has 0 N–H and O–H groups in total. The van der Waals surface area contributed by atoms with Crippen molar-refractivity contribution in [1.82, 2.24) is 0 Å². The van der Waals surface area contributed by atoms with Gasteiger partial charge in [0.05, 0.1) is 12.0 Å². The van der Waals surface area contributed by atoms with Gasteiger partial charge in [-0.05, 0) is 31.1 Å². The molecule has 15 heavy (non-hydrogen) atoms. The molecule has 3 unspecified atom stereocenters. The van der Waals surface area contributed by atoms with Crippen molar-refractivity contribution in [3.63, 3.8) is 0 Å². The van der Waals surface area contributed by atoms with Gasteiger partial charge in [-0.3, -0.25) is 0 Å². The lowest BCUT2D eigenvalue weighted by Gasteiger charge is -2.37. The zero-order chi connectivity index (χ0) is 11.6. The molecule has 1 rings (SSSR count). The van der Waals surface area contributed by atoms with Crippen molar-refractivity contribution in [3.8, 4) is 0 Å². The highest BCUT2D eigenvalue weighted by Crippen LogP contribution is 2.43. The molecule has 90 valence electrons. The first-order valence-electron chi connectivity index (χ1n) is 5.45. The van der Waals surface area contributed by atoms with Crippen LogP contribution < -0.4 is 0 Å². The Morgan fingerprint density at radius 3 is 2.20 bits per heavy atom. The standard InChI is InChI=1S/C11H19F3O/c1-7(2)8-4-5-10(15-3)9(6-8)11(12,13)14/h7-10H,4-6H2,1-3H3. The van der Waals surface area contributed by atoms with Gasteiger partial charge in [0.2, 0.25) is 0 Å². The van der Waals surface area contributed by atoms with Crippen LogP contribution in [0.1, 0.15) is 33.1 Å². The fourth-order valence-corrected chi connectivity index (χ4v) is 2.41. The van der Waals surface area contributed by atoms with E-state index in [1.807, 2.05) is 13.8 Å². The van der Waals surface area contributed by atoms with E-state index < -0.39 is 18.2 Å². The summed E-state index contributed by atoms with van der Waals surface area (Å²) in [5.41, 5.74) is 0. The Kier molecular flexibility index (Phi) is 4.04. The molecule has 4 heteroatoms. The minimum atomic E-state index is -4.12. The summed E-state index contributed by atoms with van der Waals surface area (Å²) >= 11 is 0. The van der Waals surface area contributed by atoms with Crippen molar-refractivity contribution < 1.29 is 17.9 Å². The summed E-state index contributed by atoms with van der Waals surface area (Å²) in [5.74, 6) is -0.765. The molecule has 0 bridgehead atoms. The van der Waals surface area contributed by atoms with Crippen LogP contribution in [0, 0.1) is 17.8 Å². The Labute approximate surface area is 89.0 Å². The normalized spacial score (nSPS) is 33.4. The van der Waals surface area contributed by atoms with E-state index in [1.54, 1.807) is 0 Å². The second-order valence-electron chi connectivity index (χ2n) is 4.74. The molecule has 1 aliphatic carbocycles. The topological polar surface area (TPSA) is 9.23 Å². The molecule has 0 aromatic heterocycles.